The number of benzene rings is 1. The molecule has 0 heterocycles. The quantitative estimate of drug-likeness (QED) is 0.762. The van der Waals surface area contributed by atoms with E-state index in [2.05, 4.69) is 70.7 Å². The molecule has 1 rings (SSSR count). The molecule has 1 aromatic rings. The Labute approximate surface area is 131 Å². The van der Waals surface area contributed by atoms with Crippen LogP contribution in [0.25, 0.3) is 0 Å². The lowest BCUT2D eigenvalue weighted by atomic mass is 9.94. The molecule has 0 saturated carbocycles. The predicted octanol–water partition coefficient (Wildman–Crippen LogP) is 4.53. The zero-order valence-corrected chi connectivity index (χ0v) is 14.8. The molecule has 21 heavy (non-hydrogen) atoms. The molecule has 0 aliphatic carbocycles. The van der Waals surface area contributed by atoms with E-state index in [1.165, 1.54) is 24.0 Å². The van der Waals surface area contributed by atoms with Gasteiger partial charge in [0.05, 0.1) is 0 Å². The average molecular weight is 290 g/mol. The molecule has 2 atom stereocenters. The highest BCUT2D eigenvalue weighted by Crippen LogP contribution is 2.29. The summed E-state index contributed by atoms with van der Waals surface area (Å²) in [5.41, 5.74) is 9.04. The van der Waals surface area contributed by atoms with E-state index in [9.17, 15) is 0 Å². The number of nitrogens with zero attached hydrogens (tertiary/aromatic N) is 1. The van der Waals surface area contributed by atoms with Crippen LogP contribution in [0.15, 0.2) is 24.3 Å². The molecule has 120 valence electrons. The first-order chi connectivity index (χ1) is 9.90. The monoisotopic (exact) mass is 290 g/mol. The average Bonchev–Trinajstić information content (AvgIpc) is 2.41. The highest BCUT2D eigenvalue weighted by Gasteiger charge is 2.28. The maximum absolute atomic E-state index is 6.39. The molecule has 2 nitrogen and oxygen atoms in total. The van der Waals surface area contributed by atoms with Crippen LogP contribution in [0.2, 0.25) is 0 Å². The molecule has 2 N–H and O–H groups in total. The summed E-state index contributed by atoms with van der Waals surface area (Å²) in [4.78, 5) is 2.64. The van der Waals surface area contributed by atoms with Gasteiger partial charge in [-0.25, -0.2) is 0 Å². The van der Waals surface area contributed by atoms with Gasteiger partial charge in [-0.15, -0.1) is 0 Å². The second kappa shape index (κ2) is 8.55. The summed E-state index contributed by atoms with van der Waals surface area (Å²) in [6.45, 7) is 14.5. The third kappa shape index (κ3) is 5.12. The molecule has 0 amide bonds. The molecule has 1 aromatic carbocycles. The van der Waals surface area contributed by atoms with E-state index in [1.807, 2.05) is 0 Å². The van der Waals surface area contributed by atoms with Gasteiger partial charge in [-0.1, -0.05) is 57.5 Å². The summed E-state index contributed by atoms with van der Waals surface area (Å²) in [7, 11) is 0. The minimum absolute atomic E-state index is 0.132. The third-order valence-electron chi connectivity index (χ3n) is 4.26. The van der Waals surface area contributed by atoms with Gasteiger partial charge in [-0.3, -0.25) is 4.90 Å². The van der Waals surface area contributed by atoms with E-state index in [0.29, 0.717) is 18.0 Å². The van der Waals surface area contributed by atoms with Crippen molar-refractivity contribution in [2.24, 2.45) is 11.7 Å². The lowest BCUT2D eigenvalue weighted by Crippen LogP contribution is -2.46. The van der Waals surface area contributed by atoms with E-state index in [-0.39, 0.29) is 6.04 Å². The van der Waals surface area contributed by atoms with Crippen LogP contribution in [0.3, 0.4) is 0 Å². The Morgan fingerprint density at radius 1 is 1.00 bits per heavy atom. The summed E-state index contributed by atoms with van der Waals surface area (Å²) >= 11 is 0. The molecule has 0 spiro atoms. The number of hydrogen-bond donors (Lipinski definition) is 1. The van der Waals surface area contributed by atoms with Crippen LogP contribution in [-0.2, 0) is 0 Å². The predicted molar refractivity (Wildman–Crippen MR) is 93.5 cm³/mol. The number of hydrogen-bond acceptors (Lipinski definition) is 2. The van der Waals surface area contributed by atoms with Gasteiger partial charge < -0.3 is 5.73 Å². The highest BCUT2D eigenvalue weighted by atomic mass is 15.2. The normalized spacial score (nSPS) is 15.0. The van der Waals surface area contributed by atoms with E-state index in [1.54, 1.807) is 0 Å². The molecular formula is C19H34N2. The Hall–Kier alpha value is -0.860. The van der Waals surface area contributed by atoms with Gasteiger partial charge in [-0.2, -0.15) is 0 Å². The summed E-state index contributed by atoms with van der Waals surface area (Å²) in [6, 6.07) is 9.93. The third-order valence-corrected chi connectivity index (χ3v) is 4.26. The van der Waals surface area contributed by atoms with Crippen molar-refractivity contribution in [1.29, 1.82) is 0 Å². The Balaban J connectivity index is 3.15. The summed E-state index contributed by atoms with van der Waals surface area (Å²) in [5, 5.41) is 0. The van der Waals surface area contributed by atoms with Crippen LogP contribution in [0.4, 0.5) is 0 Å². The van der Waals surface area contributed by atoms with Crippen LogP contribution in [0.5, 0.6) is 0 Å². The maximum atomic E-state index is 6.39. The molecule has 0 bridgehead atoms. The number of aryl methyl sites for hydroxylation is 1. The molecule has 0 aliphatic heterocycles. The Morgan fingerprint density at radius 3 is 1.90 bits per heavy atom. The van der Waals surface area contributed by atoms with Gasteiger partial charge in [0.2, 0.25) is 0 Å². The topological polar surface area (TPSA) is 29.3 Å². The van der Waals surface area contributed by atoms with Gasteiger partial charge in [0, 0.05) is 24.7 Å². The van der Waals surface area contributed by atoms with Crippen LogP contribution in [0.1, 0.15) is 64.6 Å². The zero-order chi connectivity index (χ0) is 16.0. The fraction of sp³-hybridized carbons (Fsp3) is 0.684. The molecule has 0 aromatic heterocycles. The smallest absolute Gasteiger partial charge is 0.0499 e. The standard InChI is InChI=1S/C19H34N2/c1-7-18(8-2)21(13-14(3)4)19(16(6)20)17-11-9-15(5)10-12-17/h9-12,14,16,18-19H,7-8,13,20H2,1-6H3. The Bertz CT molecular complexity index is 391. The molecule has 2 unspecified atom stereocenters. The van der Waals surface area contributed by atoms with Crippen molar-refractivity contribution in [3.63, 3.8) is 0 Å². The van der Waals surface area contributed by atoms with Crippen molar-refractivity contribution in [2.45, 2.75) is 72.5 Å². The van der Waals surface area contributed by atoms with Crippen molar-refractivity contribution in [1.82, 2.24) is 4.90 Å². The van der Waals surface area contributed by atoms with Gasteiger partial charge >= 0.3 is 0 Å². The van der Waals surface area contributed by atoms with E-state index >= 15 is 0 Å². The van der Waals surface area contributed by atoms with Crippen molar-refractivity contribution < 1.29 is 0 Å². The van der Waals surface area contributed by atoms with Crippen LogP contribution < -0.4 is 5.73 Å². The summed E-state index contributed by atoms with van der Waals surface area (Å²) in [6.07, 6.45) is 2.36. The maximum Gasteiger partial charge on any atom is 0.0499 e. The molecule has 0 fully saturated rings. The molecule has 0 radical (unpaired) electrons. The number of rotatable bonds is 8. The summed E-state index contributed by atoms with van der Waals surface area (Å²) < 4.78 is 0. The lowest BCUT2D eigenvalue weighted by molar-refractivity contribution is 0.0955. The molecule has 0 saturated heterocycles. The minimum atomic E-state index is 0.132. The van der Waals surface area contributed by atoms with Gasteiger partial charge in [0.25, 0.3) is 0 Å². The van der Waals surface area contributed by atoms with Gasteiger partial charge in [-0.05, 0) is 38.2 Å². The number of nitrogens with two attached hydrogens (primary N) is 1. The second-order valence-electron chi connectivity index (χ2n) is 6.78. The Kier molecular flexibility index (Phi) is 7.41. The van der Waals surface area contributed by atoms with Crippen LogP contribution in [0, 0.1) is 12.8 Å². The SMILES string of the molecule is CCC(CC)N(CC(C)C)C(c1ccc(C)cc1)C(C)N. The van der Waals surface area contributed by atoms with Crippen molar-refractivity contribution in [2.75, 3.05) is 6.54 Å². The van der Waals surface area contributed by atoms with Crippen LogP contribution in [-0.4, -0.2) is 23.5 Å². The van der Waals surface area contributed by atoms with Crippen molar-refractivity contribution >= 4 is 0 Å². The fourth-order valence-electron chi connectivity index (χ4n) is 3.23. The second-order valence-corrected chi connectivity index (χ2v) is 6.78. The van der Waals surface area contributed by atoms with Crippen LogP contribution >= 0.6 is 0 Å². The van der Waals surface area contributed by atoms with Gasteiger partial charge in [0.1, 0.15) is 0 Å². The zero-order valence-electron chi connectivity index (χ0n) is 14.8. The lowest BCUT2D eigenvalue weighted by Gasteiger charge is -2.41. The first kappa shape index (κ1) is 18.2. The van der Waals surface area contributed by atoms with E-state index < -0.39 is 0 Å². The first-order valence-corrected chi connectivity index (χ1v) is 8.48. The largest absolute Gasteiger partial charge is 0.326 e. The van der Waals surface area contributed by atoms with Crippen molar-refractivity contribution in [3.8, 4) is 0 Å². The van der Waals surface area contributed by atoms with E-state index in [4.69, 9.17) is 5.73 Å². The van der Waals surface area contributed by atoms with E-state index in [0.717, 1.165) is 6.54 Å². The molecule has 2 heteroatoms. The first-order valence-electron chi connectivity index (χ1n) is 8.48. The Morgan fingerprint density at radius 2 is 1.52 bits per heavy atom. The molecule has 0 aliphatic rings. The highest BCUT2D eigenvalue weighted by molar-refractivity contribution is 5.25. The summed E-state index contributed by atoms with van der Waals surface area (Å²) in [5.74, 6) is 0.650. The van der Waals surface area contributed by atoms with Gasteiger partial charge in [0.15, 0.2) is 0 Å². The van der Waals surface area contributed by atoms with Crippen molar-refractivity contribution in [3.05, 3.63) is 35.4 Å². The fourth-order valence-corrected chi connectivity index (χ4v) is 3.23. The molecular weight excluding hydrogens is 256 g/mol. The minimum Gasteiger partial charge on any atom is -0.326 e.